The summed E-state index contributed by atoms with van der Waals surface area (Å²) in [6.07, 6.45) is 2.01. The number of nitrogens with one attached hydrogen (secondary N) is 2. The van der Waals surface area contributed by atoms with Gasteiger partial charge >= 0.3 is 0 Å². The lowest BCUT2D eigenvalue weighted by Gasteiger charge is -2.38. The van der Waals surface area contributed by atoms with Crippen LogP contribution in [-0.4, -0.2) is 51.5 Å². The van der Waals surface area contributed by atoms with Crippen LogP contribution >= 0.6 is 39.9 Å². The summed E-state index contributed by atoms with van der Waals surface area (Å²) >= 11 is 3.53. The van der Waals surface area contributed by atoms with Crippen LogP contribution in [0.25, 0.3) is 0 Å². The van der Waals surface area contributed by atoms with E-state index in [1.807, 2.05) is 13.8 Å². The summed E-state index contributed by atoms with van der Waals surface area (Å²) in [7, 11) is 1.72. The van der Waals surface area contributed by atoms with Crippen LogP contribution in [0.1, 0.15) is 39.2 Å². The molecule has 27 heavy (non-hydrogen) atoms. The Morgan fingerprint density at radius 1 is 1.22 bits per heavy atom. The average molecular weight is 554 g/mol. The summed E-state index contributed by atoms with van der Waals surface area (Å²) in [5.74, 6) is 0.834. The van der Waals surface area contributed by atoms with Gasteiger partial charge in [-0.1, -0.05) is 28.1 Å². The van der Waals surface area contributed by atoms with Crippen LogP contribution in [0.5, 0.6) is 0 Å². The monoisotopic (exact) mass is 553 g/mol. The number of halogens is 2. The molecule has 0 radical (unpaired) electrons. The van der Waals surface area contributed by atoms with Gasteiger partial charge in [-0.3, -0.25) is 4.99 Å². The third-order valence-corrected chi connectivity index (χ3v) is 5.54. The van der Waals surface area contributed by atoms with Gasteiger partial charge in [0.2, 0.25) is 0 Å². The number of rotatable bonds is 7. The number of hydrogen-bond donors (Lipinski definition) is 2. The Hall–Kier alpha value is -0.380. The van der Waals surface area contributed by atoms with Crippen molar-refractivity contribution in [3.05, 3.63) is 34.3 Å². The third-order valence-electron chi connectivity index (χ3n) is 5.02. The van der Waals surface area contributed by atoms with Gasteiger partial charge in [0.1, 0.15) is 0 Å². The van der Waals surface area contributed by atoms with Crippen molar-refractivity contribution in [1.82, 2.24) is 10.6 Å². The van der Waals surface area contributed by atoms with Crippen LogP contribution in [-0.2, 0) is 14.9 Å². The van der Waals surface area contributed by atoms with Crippen LogP contribution in [0.15, 0.2) is 33.7 Å². The van der Waals surface area contributed by atoms with Gasteiger partial charge < -0.3 is 20.1 Å². The van der Waals surface area contributed by atoms with E-state index < -0.39 is 0 Å². The van der Waals surface area contributed by atoms with Gasteiger partial charge in [0, 0.05) is 43.3 Å². The molecule has 1 aromatic carbocycles. The normalized spacial score (nSPS) is 17.1. The molecule has 0 spiro atoms. The van der Waals surface area contributed by atoms with Crippen molar-refractivity contribution in [3.8, 4) is 0 Å². The molecule has 0 unspecified atom stereocenters. The predicted octanol–water partition coefficient (Wildman–Crippen LogP) is 4.10. The van der Waals surface area contributed by atoms with E-state index in [1.54, 1.807) is 7.11 Å². The molecular formula is C20H33BrIN3O2. The number of hydrogen-bond acceptors (Lipinski definition) is 3. The topological polar surface area (TPSA) is 54.9 Å². The Morgan fingerprint density at radius 3 is 2.41 bits per heavy atom. The van der Waals surface area contributed by atoms with Crippen LogP contribution < -0.4 is 10.6 Å². The van der Waals surface area contributed by atoms with E-state index in [1.165, 1.54) is 5.56 Å². The summed E-state index contributed by atoms with van der Waals surface area (Å²) in [6.45, 7) is 10.0. The van der Waals surface area contributed by atoms with Gasteiger partial charge in [-0.05, 0) is 51.3 Å². The Labute approximate surface area is 189 Å². The van der Waals surface area contributed by atoms with Gasteiger partial charge in [0.25, 0.3) is 0 Å². The molecule has 1 heterocycles. The quantitative estimate of drug-likeness (QED) is 0.303. The van der Waals surface area contributed by atoms with Gasteiger partial charge in [-0.2, -0.15) is 0 Å². The van der Waals surface area contributed by atoms with E-state index in [0.717, 1.165) is 49.6 Å². The summed E-state index contributed by atoms with van der Waals surface area (Å²) in [6, 6.07) is 8.67. The van der Waals surface area contributed by atoms with E-state index in [9.17, 15) is 0 Å². The maximum atomic E-state index is 5.63. The van der Waals surface area contributed by atoms with Gasteiger partial charge in [0.15, 0.2) is 5.96 Å². The van der Waals surface area contributed by atoms with Crippen molar-refractivity contribution >= 4 is 45.9 Å². The Balaban J connectivity index is 0.00000364. The van der Waals surface area contributed by atoms with E-state index in [2.05, 4.69) is 57.8 Å². The fourth-order valence-electron chi connectivity index (χ4n) is 3.06. The van der Waals surface area contributed by atoms with Crippen LogP contribution in [0.3, 0.4) is 0 Å². The van der Waals surface area contributed by atoms with Crippen LogP contribution in [0, 0.1) is 0 Å². The molecule has 1 aromatic rings. The highest BCUT2D eigenvalue weighted by atomic mass is 127. The first-order chi connectivity index (χ1) is 12.4. The smallest absolute Gasteiger partial charge is 0.191 e. The Bertz CT molecular complexity index is 587. The fourth-order valence-corrected chi connectivity index (χ4v) is 3.33. The molecule has 2 N–H and O–H groups in total. The number of guanidine groups is 1. The highest BCUT2D eigenvalue weighted by Crippen LogP contribution is 2.34. The van der Waals surface area contributed by atoms with Crippen molar-refractivity contribution < 1.29 is 9.47 Å². The first kappa shape index (κ1) is 24.7. The van der Waals surface area contributed by atoms with E-state index >= 15 is 0 Å². The molecule has 1 aliphatic heterocycles. The lowest BCUT2D eigenvalue weighted by Crippen LogP contribution is -2.48. The molecule has 0 aliphatic carbocycles. The molecule has 2 rings (SSSR count). The zero-order valence-corrected chi connectivity index (χ0v) is 20.7. The molecule has 0 saturated carbocycles. The highest BCUT2D eigenvalue weighted by molar-refractivity contribution is 14.0. The second-order valence-electron chi connectivity index (χ2n) is 7.41. The van der Waals surface area contributed by atoms with Gasteiger partial charge in [0.05, 0.1) is 12.1 Å². The lowest BCUT2D eigenvalue weighted by atomic mass is 9.74. The lowest BCUT2D eigenvalue weighted by molar-refractivity contribution is 0.0310. The van der Waals surface area contributed by atoms with Crippen molar-refractivity contribution in [2.24, 2.45) is 4.99 Å². The van der Waals surface area contributed by atoms with E-state index in [4.69, 9.17) is 14.5 Å². The second kappa shape index (κ2) is 11.6. The van der Waals surface area contributed by atoms with Crippen molar-refractivity contribution in [2.45, 2.75) is 44.6 Å². The molecule has 1 fully saturated rings. The molecule has 0 aromatic heterocycles. The number of aliphatic imine (C=N–C) groups is 1. The molecule has 0 bridgehead atoms. The minimum absolute atomic E-state index is 0. The molecule has 1 aliphatic rings. The maximum absolute atomic E-state index is 5.63. The third kappa shape index (κ3) is 7.51. The minimum Gasteiger partial charge on any atom is -0.381 e. The molecular weight excluding hydrogens is 521 g/mol. The van der Waals surface area contributed by atoms with Gasteiger partial charge in [-0.15, -0.1) is 24.0 Å². The number of methoxy groups -OCH3 is 1. The molecule has 5 nitrogen and oxygen atoms in total. The molecule has 154 valence electrons. The standard InChI is InChI=1S/C20H32BrN3O2.HI/c1-5-22-18(23-14-19(2,3)25-4)24-15-20(10-12-26-13-11-20)16-6-8-17(21)9-7-16;/h6-9H,5,10-15H2,1-4H3,(H2,22,23,24);1H. The maximum Gasteiger partial charge on any atom is 0.191 e. The highest BCUT2D eigenvalue weighted by Gasteiger charge is 2.34. The number of benzene rings is 1. The Morgan fingerprint density at radius 2 is 1.85 bits per heavy atom. The van der Waals surface area contributed by atoms with Crippen LogP contribution in [0.2, 0.25) is 0 Å². The van der Waals surface area contributed by atoms with Crippen molar-refractivity contribution in [1.29, 1.82) is 0 Å². The molecule has 1 saturated heterocycles. The second-order valence-corrected chi connectivity index (χ2v) is 8.33. The average Bonchev–Trinajstić information content (AvgIpc) is 2.65. The molecule has 0 atom stereocenters. The Kier molecular flexibility index (Phi) is 10.6. The zero-order valence-electron chi connectivity index (χ0n) is 16.8. The van der Waals surface area contributed by atoms with Crippen molar-refractivity contribution in [3.63, 3.8) is 0 Å². The summed E-state index contributed by atoms with van der Waals surface area (Å²) in [5.41, 5.74) is 1.14. The first-order valence-electron chi connectivity index (χ1n) is 9.32. The summed E-state index contributed by atoms with van der Waals surface area (Å²) in [4.78, 5) is 4.71. The molecule has 0 amide bonds. The summed E-state index contributed by atoms with van der Waals surface area (Å²) < 4.78 is 12.2. The largest absolute Gasteiger partial charge is 0.381 e. The fraction of sp³-hybridized carbons (Fsp3) is 0.650. The summed E-state index contributed by atoms with van der Waals surface area (Å²) in [5, 5.41) is 6.90. The zero-order chi connectivity index (χ0) is 19.0. The van der Waals surface area contributed by atoms with Crippen LogP contribution in [0.4, 0.5) is 0 Å². The number of ether oxygens (including phenoxy) is 2. The van der Waals surface area contributed by atoms with E-state index in [-0.39, 0.29) is 35.0 Å². The first-order valence-corrected chi connectivity index (χ1v) is 10.1. The van der Waals surface area contributed by atoms with E-state index in [0.29, 0.717) is 6.54 Å². The van der Waals surface area contributed by atoms with Crippen molar-refractivity contribution in [2.75, 3.05) is 40.0 Å². The van der Waals surface area contributed by atoms with Gasteiger partial charge in [-0.25, -0.2) is 0 Å². The number of nitrogens with zero attached hydrogens (tertiary/aromatic N) is 1. The SMILES string of the molecule is CCNC(=NCC(C)(C)OC)NCC1(c2ccc(Br)cc2)CCOCC1.I. The molecule has 7 heteroatoms. The minimum atomic E-state index is -0.273. The predicted molar refractivity (Wildman–Crippen MR) is 126 cm³/mol.